The molecular weight excluding hydrogens is 270 g/mol. The zero-order chi connectivity index (χ0) is 15.6. The van der Waals surface area contributed by atoms with Gasteiger partial charge in [0.1, 0.15) is 0 Å². The van der Waals surface area contributed by atoms with Crippen LogP contribution in [0.2, 0.25) is 0 Å². The van der Waals surface area contributed by atoms with Gasteiger partial charge in [-0.25, -0.2) is 4.79 Å². The van der Waals surface area contributed by atoms with E-state index in [1.807, 2.05) is 32.9 Å². The lowest BCUT2D eigenvalue weighted by atomic mass is 10.0. The van der Waals surface area contributed by atoms with Crippen LogP contribution in [0.4, 0.5) is 5.69 Å². The lowest BCUT2D eigenvalue weighted by Crippen LogP contribution is -2.25. The number of benzene rings is 1. The van der Waals surface area contributed by atoms with Crippen molar-refractivity contribution in [3.63, 3.8) is 0 Å². The van der Waals surface area contributed by atoms with Crippen LogP contribution in [0.1, 0.15) is 22.4 Å². The highest BCUT2D eigenvalue weighted by Crippen LogP contribution is 2.21. The molecule has 2 rings (SSSR count). The van der Waals surface area contributed by atoms with Crippen molar-refractivity contribution in [3.8, 4) is 0 Å². The Morgan fingerprint density at radius 2 is 1.67 bits per heavy atom. The second kappa shape index (κ2) is 5.78. The van der Waals surface area contributed by atoms with Crippen LogP contribution in [0.15, 0.2) is 27.8 Å². The fourth-order valence-electron chi connectivity index (χ4n) is 2.35. The molecule has 0 saturated heterocycles. The maximum atomic E-state index is 12.0. The third-order valence-electron chi connectivity index (χ3n) is 3.11. The van der Waals surface area contributed by atoms with Crippen LogP contribution in [-0.4, -0.2) is 15.9 Å². The molecule has 0 aliphatic rings. The summed E-state index contributed by atoms with van der Waals surface area (Å²) in [7, 11) is 0. The molecule has 1 amide bonds. The fourth-order valence-corrected chi connectivity index (χ4v) is 2.35. The van der Waals surface area contributed by atoms with Gasteiger partial charge in [0.15, 0.2) is 0 Å². The van der Waals surface area contributed by atoms with E-state index in [2.05, 4.69) is 15.3 Å². The normalized spacial score (nSPS) is 10.4. The topological polar surface area (TPSA) is 94.8 Å². The van der Waals surface area contributed by atoms with Gasteiger partial charge in [0, 0.05) is 17.4 Å². The van der Waals surface area contributed by atoms with Crippen LogP contribution < -0.4 is 16.6 Å². The quantitative estimate of drug-likeness (QED) is 0.790. The van der Waals surface area contributed by atoms with Crippen molar-refractivity contribution < 1.29 is 4.79 Å². The number of hydrogen-bond donors (Lipinski definition) is 3. The Morgan fingerprint density at radius 1 is 1.05 bits per heavy atom. The summed E-state index contributed by atoms with van der Waals surface area (Å²) in [6, 6.07) is 5.17. The minimum atomic E-state index is -0.618. The summed E-state index contributed by atoms with van der Waals surface area (Å²) in [5, 5.41) is 2.82. The van der Waals surface area contributed by atoms with Crippen LogP contribution in [0, 0.1) is 20.8 Å². The third-order valence-corrected chi connectivity index (χ3v) is 3.11. The van der Waals surface area contributed by atoms with E-state index in [4.69, 9.17) is 0 Å². The molecule has 0 fully saturated rings. The van der Waals surface area contributed by atoms with Gasteiger partial charge in [-0.3, -0.25) is 14.6 Å². The summed E-state index contributed by atoms with van der Waals surface area (Å²) in [5.74, 6) is -0.286. The van der Waals surface area contributed by atoms with E-state index in [-0.39, 0.29) is 18.0 Å². The Hall–Kier alpha value is -2.63. The lowest BCUT2D eigenvalue weighted by Gasteiger charge is -2.12. The summed E-state index contributed by atoms with van der Waals surface area (Å²) in [5.41, 5.74) is 2.97. The SMILES string of the molecule is Cc1cc(C)c(NC(=O)Cc2cc(=O)[nH]c(=O)[nH]2)c(C)c1. The lowest BCUT2D eigenvalue weighted by molar-refractivity contribution is -0.115. The fraction of sp³-hybridized carbons (Fsp3) is 0.267. The number of aryl methyl sites for hydroxylation is 3. The van der Waals surface area contributed by atoms with E-state index in [1.165, 1.54) is 6.07 Å². The van der Waals surface area contributed by atoms with Crippen molar-refractivity contribution in [2.24, 2.45) is 0 Å². The molecule has 1 aromatic heterocycles. The molecule has 110 valence electrons. The van der Waals surface area contributed by atoms with Gasteiger partial charge in [-0.1, -0.05) is 17.7 Å². The van der Waals surface area contributed by atoms with E-state index < -0.39 is 11.2 Å². The maximum absolute atomic E-state index is 12.0. The van der Waals surface area contributed by atoms with Crippen molar-refractivity contribution in [3.05, 3.63) is 61.4 Å². The number of carbonyl (C=O) groups is 1. The number of rotatable bonds is 3. The molecule has 0 spiro atoms. The van der Waals surface area contributed by atoms with E-state index in [0.29, 0.717) is 0 Å². The predicted molar refractivity (Wildman–Crippen MR) is 80.7 cm³/mol. The average molecular weight is 287 g/mol. The zero-order valence-corrected chi connectivity index (χ0v) is 12.2. The number of carbonyl (C=O) groups excluding carboxylic acids is 1. The molecular formula is C15H17N3O3. The molecule has 0 aliphatic carbocycles. The van der Waals surface area contributed by atoms with E-state index >= 15 is 0 Å². The number of aromatic amines is 2. The number of amides is 1. The molecule has 21 heavy (non-hydrogen) atoms. The van der Waals surface area contributed by atoms with Gasteiger partial charge < -0.3 is 10.3 Å². The maximum Gasteiger partial charge on any atom is 0.325 e. The Morgan fingerprint density at radius 3 is 2.24 bits per heavy atom. The molecule has 0 aliphatic heterocycles. The Kier molecular flexibility index (Phi) is 4.07. The van der Waals surface area contributed by atoms with Crippen LogP contribution in [-0.2, 0) is 11.2 Å². The molecule has 1 heterocycles. The molecule has 6 nitrogen and oxygen atoms in total. The van der Waals surface area contributed by atoms with E-state index in [1.54, 1.807) is 0 Å². The highest BCUT2D eigenvalue weighted by atomic mass is 16.2. The first-order chi connectivity index (χ1) is 9.85. The second-order valence-electron chi connectivity index (χ2n) is 5.11. The average Bonchev–Trinajstić information content (AvgIpc) is 2.32. The van der Waals surface area contributed by atoms with Crippen LogP contribution in [0.5, 0.6) is 0 Å². The molecule has 3 N–H and O–H groups in total. The molecule has 6 heteroatoms. The summed E-state index contributed by atoms with van der Waals surface area (Å²) in [6.07, 6.45) is -0.0636. The summed E-state index contributed by atoms with van der Waals surface area (Å²) in [4.78, 5) is 38.9. The predicted octanol–water partition coefficient (Wildman–Crippen LogP) is 1.17. The molecule has 0 unspecified atom stereocenters. The minimum Gasteiger partial charge on any atom is -0.325 e. The first kappa shape index (κ1) is 14.8. The van der Waals surface area contributed by atoms with Crippen LogP contribution in [0.3, 0.4) is 0 Å². The molecule has 0 radical (unpaired) electrons. The highest BCUT2D eigenvalue weighted by molar-refractivity contribution is 5.93. The number of hydrogen-bond acceptors (Lipinski definition) is 3. The smallest absolute Gasteiger partial charge is 0.325 e. The van der Waals surface area contributed by atoms with E-state index in [0.717, 1.165) is 22.4 Å². The zero-order valence-electron chi connectivity index (χ0n) is 12.2. The Bertz CT molecular complexity index is 751. The highest BCUT2D eigenvalue weighted by Gasteiger charge is 2.10. The summed E-state index contributed by atoms with van der Waals surface area (Å²) < 4.78 is 0. The van der Waals surface area contributed by atoms with Gasteiger partial charge in [0.2, 0.25) is 5.91 Å². The summed E-state index contributed by atoms with van der Waals surface area (Å²) in [6.45, 7) is 5.84. The van der Waals surface area contributed by atoms with Gasteiger partial charge in [0.05, 0.1) is 6.42 Å². The molecule has 0 atom stereocenters. The molecule has 2 aromatic rings. The van der Waals surface area contributed by atoms with Gasteiger partial charge in [-0.05, 0) is 31.9 Å². The third kappa shape index (κ3) is 3.68. The molecule has 1 aromatic carbocycles. The largest absolute Gasteiger partial charge is 0.325 e. The Labute approximate surface area is 121 Å². The van der Waals surface area contributed by atoms with Gasteiger partial charge in [0.25, 0.3) is 5.56 Å². The summed E-state index contributed by atoms with van der Waals surface area (Å²) >= 11 is 0. The first-order valence-electron chi connectivity index (χ1n) is 6.55. The van der Waals surface area contributed by atoms with Crippen LogP contribution >= 0.6 is 0 Å². The van der Waals surface area contributed by atoms with Crippen molar-refractivity contribution in [1.82, 2.24) is 9.97 Å². The van der Waals surface area contributed by atoms with Crippen molar-refractivity contribution in [2.75, 3.05) is 5.32 Å². The van der Waals surface area contributed by atoms with Crippen molar-refractivity contribution in [1.29, 1.82) is 0 Å². The van der Waals surface area contributed by atoms with Gasteiger partial charge in [-0.2, -0.15) is 0 Å². The number of H-pyrrole nitrogens is 2. The molecule has 0 bridgehead atoms. The first-order valence-corrected chi connectivity index (χ1v) is 6.55. The number of aromatic nitrogens is 2. The van der Waals surface area contributed by atoms with E-state index in [9.17, 15) is 14.4 Å². The van der Waals surface area contributed by atoms with Gasteiger partial charge in [-0.15, -0.1) is 0 Å². The van der Waals surface area contributed by atoms with Crippen molar-refractivity contribution >= 4 is 11.6 Å². The minimum absolute atomic E-state index is 0.0636. The van der Waals surface area contributed by atoms with Crippen LogP contribution in [0.25, 0.3) is 0 Å². The monoisotopic (exact) mass is 287 g/mol. The Balaban J connectivity index is 2.19. The molecule has 0 saturated carbocycles. The number of nitrogens with one attached hydrogen (secondary N) is 3. The standard InChI is InChI=1S/C15H17N3O3/c1-8-4-9(2)14(10(3)5-8)17-12(19)6-11-7-13(20)18-15(21)16-11/h4-5,7H,6H2,1-3H3,(H,17,19)(H2,16,18,20,21). The van der Waals surface area contributed by atoms with Gasteiger partial charge >= 0.3 is 5.69 Å². The second-order valence-corrected chi connectivity index (χ2v) is 5.11. The number of anilines is 1. The van der Waals surface area contributed by atoms with Crippen molar-refractivity contribution in [2.45, 2.75) is 27.2 Å².